The van der Waals surface area contributed by atoms with Crippen LogP contribution in [0.15, 0.2) is 60.7 Å². The first-order chi connectivity index (χ1) is 15.5. The number of fused-ring (bicyclic) bond motifs is 1. The monoisotopic (exact) mass is 449 g/mol. The van der Waals surface area contributed by atoms with Crippen molar-refractivity contribution in [1.29, 1.82) is 0 Å². The number of carbonyl (C=O) groups is 3. The van der Waals surface area contributed by atoms with Crippen LogP contribution in [0.1, 0.15) is 48.0 Å². The Hall–Kier alpha value is -3.12. The van der Waals surface area contributed by atoms with E-state index in [2.05, 4.69) is 10.7 Å². The molecule has 1 aliphatic heterocycles. The molecule has 2 aromatic carbocycles. The first-order valence-corrected chi connectivity index (χ1v) is 11.3. The number of rotatable bonds is 4. The normalized spacial score (nSPS) is 23.7. The van der Waals surface area contributed by atoms with E-state index in [4.69, 9.17) is 11.6 Å². The highest BCUT2D eigenvalue weighted by atomic mass is 35.5. The Labute approximate surface area is 191 Å². The quantitative estimate of drug-likeness (QED) is 0.689. The molecule has 0 bridgehead atoms. The van der Waals surface area contributed by atoms with Gasteiger partial charge in [-0.2, -0.15) is 0 Å². The first kappa shape index (κ1) is 20.8. The van der Waals surface area contributed by atoms with E-state index in [0.29, 0.717) is 29.1 Å². The van der Waals surface area contributed by atoms with E-state index in [0.717, 1.165) is 24.8 Å². The van der Waals surface area contributed by atoms with Crippen molar-refractivity contribution in [2.24, 2.45) is 11.8 Å². The SMILES string of the molecule is O=C(NC1(c2ccc(Cl)cc2)CCC1)c1cccc(N2NC(=O)C3CC=CCC3C2=O)c1. The summed E-state index contributed by atoms with van der Waals surface area (Å²) < 4.78 is 0. The molecule has 2 N–H and O–H groups in total. The Kier molecular flexibility index (Phi) is 5.25. The van der Waals surface area contributed by atoms with Gasteiger partial charge in [-0.05, 0) is 68.0 Å². The van der Waals surface area contributed by atoms with E-state index < -0.39 is 5.54 Å². The average molecular weight is 450 g/mol. The number of nitrogens with zero attached hydrogens (tertiary/aromatic N) is 1. The van der Waals surface area contributed by atoms with Crippen LogP contribution >= 0.6 is 11.6 Å². The van der Waals surface area contributed by atoms with Crippen molar-refractivity contribution in [3.8, 4) is 0 Å². The first-order valence-electron chi connectivity index (χ1n) is 10.9. The molecule has 0 spiro atoms. The number of nitrogens with one attached hydrogen (secondary N) is 2. The molecule has 164 valence electrons. The lowest BCUT2D eigenvalue weighted by Gasteiger charge is -2.43. The molecular formula is C25H24ClN3O3. The largest absolute Gasteiger partial charge is 0.343 e. The van der Waals surface area contributed by atoms with E-state index in [9.17, 15) is 14.4 Å². The van der Waals surface area contributed by atoms with E-state index >= 15 is 0 Å². The minimum atomic E-state index is -0.408. The maximum Gasteiger partial charge on any atom is 0.252 e. The second-order valence-corrected chi connectivity index (χ2v) is 9.19. The molecule has 2 unspecified atom stereocenters. The lowest BCUT2D eigenvalue weighted by Crippen LogP contribution is -2.59. The molecule has 2 fully saturated rings. The average Bonchev–Trinajstić information content (AvgIpc) is 2.79. The summed E-state index contributed by atoms with van der Waals surface area (Å²) in [5, 5.41) is 5.14. The summed E-state index contributed by atoms with van der Waals surface area (Å²) in [7, 11) is 0. The van der Waals surface area contributed by atoms with E-state index in [1.165, 1.54) is 5.01 Å². The second kappa shape index (κ2) is 8.10. The van der Waals surface area contributed by atoms with Gasteiger partial charge in [-0.3, -0.25) is 19.8 Å². The lowest BCUT2D eigenvalue weighted by atomic mass is 9.71. The van der Waals surface area contributed by atoms with Crippen LogP contribution in [-0.2, 0) is 15.1 Å². The smallest absolute Gasteiger partial charge is 0.252 e. The number of hydrogen-bond acceptors (Lipinski definition) is 3. The van der Waals surface area contributed by atoms with Crippen molar-refractivity contribution >= 4 is 35.0 Å². The Morgan fingerprint density at radius 3 is 2.44 bits per heavy atom. The minimum absolute atomic E-state index is 0.145. The van der Waals surface area contributed by atoms with Gasteiger partial charge in [-0.1, -0.05) is 42.0 Å². The molecule has 1 saturated heterocycles. The van der Waals surface area contributed by atoms with Gasteiger partial charge in [0, 0.05) is 10.6 Å². The second-order valence-electron chi connectivity index (χ2n) is 8.75. The molecule has 32 heavy (non-hydrogen) atoms. The van der Waals surface area contributed by atoms with Gasteiger partial charge >= 0.3 is 0 Å². The summed E-state index contributed by atoms with van der Waals surface area (Å²) in [6.45, 7) is 0. The van der Waals surface area contributed by atoms with E-state index in [-0.39, 0.29) is 29.6 Å². The summed E-state index contributed by atoms with van der Waals surface area (Å²) in [6.07, 6.45) is 7.78. The van der Waals surface area contributed by atoms with Crippen molar-refractivity contribution in [3.05, 3.63) is 76.8 Å². The highest BCUT2D eigenvalue weighted by Crippen LogP contribution is 2.42. The van der Waals surface area contributed by atoms with Crippen LogP contribution in [-0.4, -0.2) is 17.7 Å². The summed E-state index contributed by atoms with van der Waals surface area (Å²) >= 11 is 6.03. The van der Waals surface area contributed by atoms with Crippen LogP contribution in [0, 0.1) is 11.8 Å². The van der Waals surface area contributed by atoms with Crippen LogP contribution in [0.2, 0.25) is 5.02 Å². The fraction of sp³-hybridized carbons (Fsp3) is 0.320. The molecule has 3 aliphatic rings. The zero-order valence-electron chi connectivity index (χ0n) is 17.5. The third-order valence-corrected chi connectivity index (χ3v) is 7.10. The van der Waals surface area contributed by atoms with Crippen molar-refractivity contribution in [2.75, 3.05) is 5.01 Å². The van der Waals surface area contributed by atoms with Crippen LogP contribution in [0.5, 0.6) is 0 Å². The lowest BCUT2D eigenvalue weighted by molar-refractivity contribution is -0.139. The van der Waals surface area contributed by atoms with Crippen LogP contribution < -0.4 is 15.8 Å². The molecule has 0 radical (unpaired) electrons. The Bertz CT molecular complexity index is 1110. The predicted octanol–water partition coefficient (Wildman–Crippen LogP) is 4.11. The molecule has 2 aliphatic carbocycles. The van der Waals surface area contributed by atoms with Crippen molar-refractivity contribution in [2.45, 2.75) is 37.6 Å². The Morgan fingerprint density at radius 2 is 1.75 bits per heavy atom. The van der Waals surface area contributed by atoms with Gasteiger partial charge in [-0.15, -0.1) is 0 Å². The van der Waals surface area contributed by atoms with Crippen molar-refractivity contribution in [1.82, 2.24) is 10.7 Å². The summed E-state index contributed by atoms with van der Waals surface area (Å²) in [5.41, 5.74) is 4.27. The molecule has 2 aromatic rings. The molecule has 1 saturated carbocycles. The molecular weight excluding hydrogens is 426 g/mol. The Morgan fingerprint density at radius 1 is 1.03 bits per heavy atom. The molecule has 3 amide bonds. The number of carbonyl (C=O) groups excluding carboxylic acids is 3. The van der Waals surface area contributed by atoms with Crippen molar-refractivity contribution < 1.29 is 14.4 Å². The predicted molar refractivity (Wildman–Crippen MR) is 122 cm³/mol. The molecule has 2 atom stereocenters. The molecule has 1 heterocycles. The maximum atomic E-state index is 13.2. The zero-order chi connectivity index (χ0) is 22.3. The molecule has 0 aromatic heterocycles. The highest BCUT2D eigenvalue weighted by molar-refractivity contribution is 6.30. The number of allylic oxidation sites excluding steroid dienone is 2. The third kappa shape index (κ3) is 3.58. The standard InChI is InChI=1S/C25H24ClN3O3/c26-18-11-9-17(10-12-18)25(13-4-14-25)27-22(30)16-5-3-6-19(15-16)29-24(32)21-8-2-1-7-20(21)23(31)28-29/h1-3,5-6,9-12,15,20-21H,4,7-8,13-14H2,(H,27,30)(H,28,31). The minimum Gasteiger partial charge on any atom is -0.343 e. The number of benzene rings is 2. The van der Waals surface area contributed by atoms with Crippen LogP contribution in [0.4, 0.5) is 5.69 Å². The van der Waals surface area contributed by atoms with Gasteiger partial charge in [-0.25, -0.2) is 5.01 Å². The molecule has 7 heteroatoms. The fourth-order valence-electron chi connectivity index (χ4n) is 4.84. The zero-order valence-corrected chi connectivity index (χ0v) is 18.3. The molecule has 5 rings (SSSR count). The highest BCUT2D eigenvalue weighted by Gasteiger charge is 2.43. The van der Waals surface area contributed by atoms with Gasteiger partial charge in [0.2, 0.25) is 11.8 Å². The summed E-state index contributed by atoms with van der Waals surface area (Å²) in [6, 6.07) is 14.4. The van der Waals surface area contributed by atoms with E-state index in [1.54, 1.807) is 24.3 Å². The molecule has 6 nitrogen and oxygen atoms in total. The number of amides is 3. The summed E-state index contributed by atoms with van der Waals surface area (Å²) in [5.74, 6) is -1.21. The van der Waals surface area contributed by atoms with Gasteiger partial charge in [0.05, 0.1) is 23.1 Å². The maximum absolute atomic E-state index is 13.2. The van der Waals surface area contributed by atoms with Gasteiger partial charge in [0.25, 0.3) is 5.91 Å². The number of halogens is 1. The third-order valence-electron chi connectivity index (χ3n) is 6.85. The van der Waals surface area contributed by atoms with Gasteiger partial charge < -0.3 is 5.32 Å². The number of hydrazine groups is 1. The van der Waals surface area contributed by atoms with E-state index in [1.807, 2.05) is 36.4 Å². The van der Waals surface area contributed by atoms with Gasteiger partial charge in [0.1, 0.15) is 0 Å². The van der Waals surface area contributed by atoms with Crippen molar-refractivity contribution in [3.63, 3.8) is 0 Å². The number of hydrogen-bond donors (Lipinski definition) is 2. The topological polar surface area (TPSA) is 78.5 Å². The van der Waals surface area contributed by atoms with Gasteiger partial charge in [0.15, 0.2) is 0 Å². The fourth-order valence-corrected chi connectivity index (χ4v) is 4.97. The summed E-state index contributed by atoms with van der Waals surface area (Å²) in [4.78, 5) is 38.8. The van der Waals surface area contributed by atoms with Crippen LogP contribution in [0.25, 0.3) is 0 Å². The van der Waals surface area contributed by atoms with Crippen LogP contribution in [0.3, 0.4) is 0 Å². The Balaban J connectivity index is 1.37. The number of anilines is 1.